The Balaban J connectivity index is 0.000000413. The number of ether oxygens (including phenoxy) is 2. The van der Waals surface area contributed by atoms with Crippen molar-refractivity contribution >= 4 is 58.0 Å². The Hall–Kier alpha value is -2.44. The van der Waals surface area contributed by atoms with Crippen molar-refractivity contribution < 1.29 is 35.4 Å². The van der Waals surface area contributed by atoms with Gasteiger partial charge >= 0.3 is 37.7 Å². The second-order valence-electron chi connectivity index (χ2n) is 15.8. The van der Waals surface area contributed by atoms with Crippen LogP contribution in [0.15, 0.2) is 107 Å². The standard InChI is InChI=1S/2C25H36O4S.Ca/c2*1-2-3-4-5-6-7-8-9-10-11-13-16-22-19-20-24(21-25(22)30(26,27)28)29-23-17-14-12-15-18-23;/h2*12,14-15,17-21H,2-11,13,16H2,1H3,(H,26,27,28);/q;;+2/p-2. The van der Waals surface area contributed by atoms with Crippen LogP contribution in [-0.2, 0) is 33.1 Å². The van der Waals surface area contributed by atoms with Crippen molar-refractivity contribution in [2.24, 2.45) is 0 Å². The molecular formula is C50H70CaO8S2. The first-order chi connectivity index (χ1) is 29.0. The van der Waals surface area contributed by atoms with Gasteiger partial charge in [0, 0.05) is 0 Å². The molecule has 0 aliphatic carbocycles. The molecule has 0 saturated carbocycles. The van der Waals surface area contributed by atoms with E-state index in [1.54, 1.807) is 48.5 Å². The summed E-state index contributed by atoms with van der Waals surface area (Å²) in [6.45, 7) is 4.48. The molecule has 0 saturated heterocycles. The number of aryl methyl sites for hydroxylation is 2. The zero-order valence-electron chi connectivity index (χ0n) is 37.0. The van der Waals surface area contributed by atoms with Crippen molar-refractivity contribution in [3.05, 3.63) is 108 Å². The van der Waals surface area contributed by atoms with Crippen LogP contribution in [0.25, 0.3) is 0 Å². The zero-order valence-corrected chi connectivity index (χ0v) is 40.8. The largest absolute Gasteiger partial charge is 2.00 e. The number of hydrogen-bond donors (Lipinski definition) is 0. The van der Waals surface area contributed by atoms with E-state index >= 15 is 0 Å². The zero-order chi connectivity index (χ0) is 43.3. The maximum atomic E-state index is 11.7. The SMILES string of the molecule is CCCCCCCCCCCCCc1ccc(Oc2ccccc2)cc1S(=O)(=O)[O-].CCCCCCCCCCCCCc1ccc(Oc2ccccc2)cc1S(=O)(=O)[O-].[Ca+2]. The quantitative estimate of drug-likeness (QED) is 0.0287. The Labute approximate surface area is 399 Å². The fraction of sp³-hybridized carbons (Fsp3) is 0.520. The molecule has 0 aliphatic heterocycles. The smallest absolute Gasteiger partial charge is 0.744 e. The molecular weight excluding hydrogens is 833 g/mol. The topological polar surface area (TPSA) is 133 Å². The monoisotopic (exact) mass is 902 g/mol. The van der Waals surface area contributed by atoms with Crippen LogP contribution in [0, 0.1) is 0 Å². The van der Waals surface area contributed by atoms with E-state index < -0.39 is 20.2 Å². The molecule has 4 rings (SSSR count). The summed E-state index contributed by atoms with van der Waals surface area (Å²) in [5.74, 6) is 1.92. The van der Waals surface area contributed by atoms with Crippen LogP contribution in [0.4, 0.5) is 0 Å². The minimum Gasteiger partial charge on any atom is -0.744 e. The average Bonchev–Trinajstić information content (AvgIpc) is 3.23. The first-order valence-electron chi connectivity index (χ1n) is 22.6. The Morgan fingerprint density at radius 1 is 0.377 bits per heavy atom. The van der Waals surface area contributed by atoms with Crippen LogP contribution < -0.4 is 9.47 Å². The molecule has 0 N–H and O–H groups in total. The van der Waals surface area contributed by atoms with Gasteiger partial charge in [-0.25, -0.2) is 16.8 Å². The molecule has 332 valence electrons. The van der Waals surface area contributed by atoms with Crippen molar-refractivity contribution in [1.82, 2.24) is 0 Å². The van der Waals surface area contributed by atoms with E-state index in [9.17, 15) is 25.9 Å². The van der Waals surface area contributed by atoms with E-state index in [0.29, 0.717) is 47.0 Å². The van der Waals surface area contributed by atoms with Crippen LogP contribution in [-0.4, -0.2) is 63.7 Å². The first-order valence-corrected chi connectivity index (χ1v) is 25.5. The van der Waals surface area contributed by atoms with Crippen molar-refractivity contribution in [3.63, 3.8) is 0 Å². The van der Waals surface area contributed by atoms with Gasteiger partial charge in [0.05, 0.1) is 9.79 Å². The van der Waals surface area contributed by atoms with Gasteiger partial charge in [-0.3, -0.25) is 0 Å². The average molecular weight is 903 g/mol. The van der Waals surface area contributed by atoms with Crippen molar-refractivity contribution in [1.29, 1.82) is 0 Å². The normalized spacial score (nSPS) is 11.3. The van der Waals surface area contributed by atoms with Gasteiger partial charge in [-0.1, -0.05) is 191 Å². The van der Waals surface area contributed by atoms with Crippen LogP contribution in [0.2, 0.25) is 0 Å². The minimum absolute atomic E-state index is 0. The summed E-state index contributed by atoms with van der Waals surface area (Å²) in [6.07, 6.45) is 28.4. The molecule has 11 heteroatoms. The third-order valence-corrected chi connectivity index (χ3v) is 12.5. The van der Waals surface area contributed by atoms with Gasteiger partial charge in [0.2, 0.25) is 0 Å². The summed E-state index contributed by atoms with van der Waals surface area (Å²) in [7, 11) is -9.09. The molecule has 0 aliphatic rings. The third kappa shape index (κ3) is 24.3. The summed E-state index contributed by atoms with van der Waals surface area (Å²) in [5.41, 5.74) is 1.17. The molecule has 4 aromatic rings. The molecule has 0 aromatic heterocycles. The summed E-state index contributed by atoms with van der Waals surface area (Å²) >= 11 is 0. The van der Waals surface area contributed by atoms with Gasteiger partial charge in [0.1, 0.15) is 43.2 Å². The number of rotatable bonds is 30. The van der Waals surface area contributed by atoms with E-state index in [1.807, 2.05) is 36.4 Å². The molecule has 0 radical (unpaired) electrons. The number of hydrogen-bond acceptors (Lipinski definition) is 8. The summed E-state index contributed by atoms with van der Waals surface area (Å²) in [6, 6.07) is 27.8. The fourth-order valence-corrected chi connectivity index (χ4v) is 8.79. The van der Waals surface area contributed by atoms with Gasteiger partial charge < -0.3 is 18.6 Å². The molecule has 0 atom stereocenters. The van der Waals surface area contributed by atoms with Crippen LogP contribution in [0.5, 0.6) is 23.0 Å². The second kappa shape index (κ2) is 32.3. The predicted molar refractivity (Wildman–Crippen MR) is 248 cm³/mol. The Bertz CT molecular complexity index is 1810. The van der Waals surface area contributed by atoms with Crippen molar-refractivity contribution in [2.75, 3.05) is 0 Å². The summed E-state index contributed by atoms with van der Waals surface area (Å²) in [5, 5.41) is 0. The maximum Gasteiger partial charge on any atom is 2.00 e. The van der Waals surface area contributed by atoms with Crippen molar-refractivity contribution in [3.8, 4) is 23.0 Å². The Morgan fingerprint density at radius 3 is 0.934 bits per heavy atom. The fourth-order valence-electron chi connectivity index (χ4n) is 7.28. The molecule has 0 unspecified atom stereocenters. The number of para-hydroxylation sites is 2. The van der Waals surface area contributed by atoms with Gasteiger partial charge in [-0.05, 0) is 85.3 Å². The van der Waals surface area contributed by atoms with Crippen molar-refractivity contribution in [2.45, 2.75) is 178 Å². The van der Waals surface area contributed by atoms with Gasteiger partial charge in [-0.2, -0.15) is 0 Å². The van der Waals surface area contributed by atoms with Crippen LogP contribution in [0.3, 0.4) is 0 Å². The van der Waals surface area contributed by atoms with E-state index in [4.69, 9.17) is 9.47 Å². The Morgan fingerprint density at radius 2 is 0.656 bits per heavy atom. The predicted octanol–water partition coefficient (Wildman–Crippen LogP) is 14.1. The van der Waals surface area contributed by atoms with E-state index in [1.165, 1.54) is 115 Å². The van der Waals surface area contributed by atoms with Gasteiger partial charge in [0.25, 0.3) is 0 Å². The molecule has 0 spiro atoms. The Kier molecular flexibility index (Phi) is 28.9. The third-order valence-electron chi connectivity index (χ3n) is 10.7. The molecule has 0 bridgehead atoms. The van der Waals surface area contributed by atoms with E-state index in [0.717, 1.165) is 38.5 Å². The molecule has 0 amide bonds. The summed E-state index contributed by atoms with van der Waals surface area (Å²) in [4.78, 5) is -0.328. The molecule has 61 heavy (non-hydrogen) atoms. The first kappa shape index (κ1) is 54.7. The van der Waals surface area contributed by atoms with Gasteiger partial charge in [0.15, 0.2) is 0 Å². The second-order valence-corrected chi connectivity index (χ2v) is 18.5. The molecule has 0 fully saturated rings. The number of unbranched alkanes of at least 4 members (excludes halogenated alkanes) is 20. The van der Waals surface area contributed by atoms with E-state index in [-0.39, 0.29) is 47.5 Å². The minimum atomic E-state index is -4.54. The summed E-state index contributed by atoms with van der Waals surface area (Å²) < 4.78 is 81.8. The number of benzene rings is 4. The molecule has 0 heterocycles. The maximum absolute atomic E-state index is 11.7. The molecule has 8 nitrogen and oxygen atoms in total. The van der Waals surface area contributed by atoms with Crippen LogP contribution in [0.1, 0.15) is 166 Å². The van der Waals surface area contributed by atoms with E-state index in [2.05, 4.69) is 13.8 Å². The molecule has 4 aromatic carbocycles. The van der Waals surface area contributed by atoms with Crippen LogP contribution >= 0.6 is 0 Å². The van der Waals surface area contributed by atoms with Gasteiger partial charge in [-0.15, -0.1) is 0 Å².